The van der Waals surface area contributed by atoms with Crippen LogP contribution in [0.15, 0.2) is 0 Å². The van der Waals surface area contributed by atoms with E-state index in [0.717, 1.165) is 0 Å². The van der Waals surface area contributed by atoms with Crippen molar-refractivity contribution < 1.29 is 18.0 Å². The molecule has 0 atom stereocenters. The van der Waals surface area contributed by atoms with Gasteiger partial charge in [0, 0.05) is 12.8 Å². The van der Waals surface area contributed by atoms with E-state index < -0.39 is 21.0 Å². The van der Waals surface area contributed by atoms with Gasteiger partial charge in [0.2, 0.25) is 5.91 Å². The van der Waals surface area contributed by atoms with E-state index in [9.17, 15) is 18.0 Å². The second kappa shape index (κ2) is 4.20. The predicted molar refractivity (Wildman–Crippen MR) is 42.7 cm³/mol. The van der Waals surface area contributed by atoms with Gasteiger partial charge in [0.15, 0.2) is 0 Å². The summed E-state index contributed by atoms with van der Waals surface area (Å²) in [5.74, 6) is -0.670. The summed E-state index contributed by atoms with van der Waals surface area (Å²) in [7, 11) is -4.06. The second-order valence-electron chi connectivity index (χ2n) is 2.11. The van der Waals surface area contributed by atoms with Crippen molar-refractivity contribution in [2.24, 2.45) is 0 Å². The zero-order valence-corrected chi connectivity index (χ0v) is 7.77. The summed E-state index contributed by atoms with van der Waals surface area (Å²) in [6, 6.07) is 0. The maximum atomic E-state index is 10.8. The van der Waals surface area contributed by atoms with Gasteiger partial charge in [0.25, 0.3) is 15.1 Å². The van der Waals surface area contributed by atoms with Crippen LogP contribution in [0.3, 0.4) is 0 Å². The standard InChI is InChI=1S/C6H11NO4S/c1-3-5(8)7-12(10,11)6(9)4-2/h3-4H2,1-2H3,(H,7,8). The van der Waals surface area contributed by atoms with Crippen molar-refractivity contribution >= 4 is 21.0 Å². The minimum Gasteiger partial charge on any atom is -0.280 e. The highest BCUT2D eigenvalue weighted by Crippen LogP contribution is 1.92. The Balaban J connectivity index is 4.45. The highest BCUT2D eigenvalue weighted by molar-refractivity contribution is 8.04. The molecule has 0 aliphatic heterocycles. The molecule has 0 spiro atoms. The Bertz CT molecular complexity index is 280. The molecular formula is C6H11NO4S. The van der Waals surface area contributed by atoms with E-state index in [1.807, 2.05) is 0 Å². The molecule has 0 heterocycles. The molecule has 0 unspecified atom stereocenters. The fourth-order valence-corrected chi connectivity index (χ4v) is 1.41. The molecule has 0 aromatic heterocycles. The van der Waals surface area contributed by atoms with Crippen LogP contribution in [0.2, 0.25) is 0 Å². The van der Waals surface area contributed by atoms with Crippen LogP contribution in [-0.2, 0) is 19.6 Å². The molecule has 6 heteroatoms. The average Bonchev–Trinajstić information content (AvgIpc) is 2.02. The Morgan fingerprint density at radius 2 is 1.67 bits per heavy atom. The van der Waals surface area contributed by atoms with Crippen molar-refractivity contribution in [2.75, 3.05) is 0 Å². The quantitative estimate of drug-likeness (QED) is 0.657. The van der Waals surface area contributed by atoms with Gasteiger partial charge in [-0.2, -0.15) is 8.42 Å². The third kappa shape index (κ3) is 3.00. The normalized spacial score (nSPS) is 10.8. The van der Waals surface area contributed by atoms with Gasteiger partial charge in [0.05, 0.1) is 0 Å². The van der Waals surface area contributed by atoms with E-state index in [0.29, 0.717) is 0 Å². The smallest absolute Gasteiger partial charge is 0.280 e. The molecule has 0 saturated carbocycles. The lowest BCUT2D eigenvalue weighted by atomic mass is 10.5. The second-order valence-corrected chi connectivity index (χ2v) is 3.77. The summed E-state index contributed by atoms with van der Waals surface area (Å²) in [5.41, 5.74) is 0. The van der Waals surface area contributed by atoms with Gasteiger partial charge < -0.3 is 0 Å². The first-order chi connectivity index (χ1) is 5.44. The van der Waals surface area contributed by atoms with Gasteiger partial charge in [-0.15, -0.1) is 0 Å². The molecule has 0 rings (SSSR count). The minimum atomic E-state index is -4.06. The van der Waals surface area contributed by atoms with E-state index in [2.05, 4.69) is 0 Å². The van der Waals surface area contributed by atoms with Crippen LogP contribution in [0.1, 0.15) is 26.7 Å². The van der Waals surface area contributed by atoms with E-state index in [1.165, 1.54) is 13.8 Å². The van der Waals surface area contributed by atoms with Crippen LogP contribution in [0.4, 0.5) is 0 Å². The molecule has 0 radical (unpaired) electrons. The largest absolute Gasteiger partial charge is 0.297 e. The van der Waals surface area contributed by atoms with Crippen molar-refractivity contribution in [3.05, 3.63) is 0 Å². The molecule has 0 aliphatic rings. The molecule has 70 valence electrons. The van der Waals surface area contributed by atoms with Crippen LogP contribution < -0.4 is 4.72 Å². The van der Waals surface area contributed by atoms with Gasteiger partial charge >= 0.3 is 0 Å². The summed E-state index contributed by atoms with van der Waals surface area (Å²) < 4.78 is 23.3. The number of hydrogen-bond acceptors (Lipinski definition) is 4. The Labute approximate surface area is 71.2 Å². The predicted octanol–water partition coefficient (Wildman–Crippen LogP) is -0.221. The number of carbonyl (C=O) groups excluding carboxylic acids is 2. The number of hydrogen-bond donors (Lipinski definition) is 1. The molecule has 1 amide bonds. The van der Waals surface area contributed by atoms with Crippen LogP contribution in [0.5, 0.6) is 0 Å². The van der Waals surface area contributed by atoms with Gasteiger partial charge in [-0.3, -0.25) is 9.59 Å². The molecule has 0 fully saturated rings. The van der Waals surface area contributed by atoms with Gasteiger partial charge in [-0.1, -0.05) is 13.8 Å². The van der Waals surface area contributed by atoms with Gasteiger partial charge in [-0.25, -0.2) is 4.72 Å². The SMILES string of the molecule is CCC(=O)NS(=O)(=O)C(=O)CC. The molecule has 5 nitrogen and oxygen atoms in total. The molecular weight excluding hydrogens is 182 g/mol. The molecule has 12 heavy (non-hydrogen) atoms. The lowest BCUT2D eigenvalue weighted by Gasteiger charge is -2.01. The first-order valence-corrected chi connectivity index (χ1v) is 5.00. The maximum absolute atomic E-state index is 10.8. The molecule has 1 N–H and O–H groups in total. The van der Waals surface area contributed by atoms with Gasteiger partial charge in [0.1, 0.15) is 0 Å². The minimum absolute atomic E-state index is 0.0379. The van der Waals surface area contributed by atoms with Crippen molar-refractivity contribution in [1.29, 1.82) is 0 Å². The summed E-state index contributed by atoms with van der Waals surface area (Å²) in [5, 5.41) is -0.968. The third-order valence-electron chi connectivity index (χ3n) is 1.16. The zero-order chi connectivity index (χ0) is 9.78. The zero-order valence-electron chi connectivity index (χ0n) is 6.96. The Kier molecular flexibility index (Phi) is 3.88. The Morgan fingerprint density at radius 1 is 1.17 bits per heavy atom. The number of amides is 1. The summed E-state index contributed by atoms with van der Waals surface area (Å²) in [4.78, 5) is 21.3. The van der Waals surface area contributed by atoms with Crippen LogP contribution in [-0.4, -0.2) is 19.4 Å². The summed E-state index contributed by atoms with van der Waals surface area (Å²) in [6.07, 6.45) is -0.0947. The molecule has 0 aromatic rings. The van der Waals surface area contributed by atoms with E-state index >= 15 is 0 Å². The lowest BCUT2D eigenvalue weighted by molar-refractivity contribution is -0.119. The third-order valence-corrected chi connectivity index (χ3v) is 2.54. The van der Waals surface area contributed by atoms with Gasteiger partial charge in [-0.05, 0) is 0 Å². The summed E-state index contributed by atoms with van der Waals surface area (Å²) >= 11 is 0. The van der Waals surface area contributed by atoms with Crippen LogP contribution >= 0.6 is 0 Å². The van der Waals surface area contributed by atoms with Crippen LogP contribution in [0, 0.1) is 0 Å². The van der Waals surface area contributed by atoms with E-state index in [1.54, 1.807) is 4.72 Å². The topological polar surface area (TPSA) is 80.3 Å². The number of sulfonamides is 1. The fraction of sp³-hybridized carbons (Fsp3) is 0.667. The maximum Gasteiger partial charge on any atom is 0.297 e. The van der Waals surface area contributed by atoms with Crippen molar-refractivity contribution in [2.45, 2.75) is 26.7 Å². The molecule has 0 aliphatic carbocycles. The van der Waals surface area contributed by atoms with E-state index in [-0.39, 0.29) is 12.8 Å². The Hall–Kier alpha value is -0.910. The highest BCUT2D eigenvalue weighted by atomic mass is 32.2. The number of nitrogens with one attached hydrogen (secondary N) is 1. The molecule has 0 saturated heterocycles. The van der Waals surface area contributed by atoms with Crippen molar-refractivity contribution in [3.63, 3.8) is 0 Å². The first kappa shape index (κ1) is 11.1. The van der Waals surface area contributed by atoms with Crippen molar-refractivity contribution in [1.82, 2.24) is 4.72 Å². The molecule has 0 aromatic carbocycles. The fourth-order valence-electron chi connectivity index (χ4n) is 0.469. The number of carbonyl (C=O) groups is 2. The van der Waals surface area contributed by atoms with Crippen molar-refractivity contribution in [3.8, 4) is 0 Å². The van der Waals surface area contributed by atoms with Crippen LogP contribution in [0.25, 0.3) is 0 Å². The summed E-state index contributed by atoms with van der Waals surface area (Å²) in [6.45, 7) is 2.92. The number of rotatable bonds is 2. The first-order valence-electron chi connectivity index (χ1n) is 3.52. The highest BCUT2D eigenvalue weighted by Gasteiger charge is 2.21. The average molecular weight is 193 g/mol. The monoisotopic (exact) mass is 193 g/mol. The Morgan fingerprint density at radius 3 is 2.00 bits per heavy atom. The molecule has 0 bridgehead atoms. The lowest BCUT2D eigenvalue weighted by Crippen LogP contribution is -2.34. The van der Waals surface area contributed by atoms with E-state index in [4.69, 9.17) is 0 Å².